The van der Waals surface area contributed by atoms with Gasteiger partial charge in [-0.3, -0.25) is 14.2 Å². The van der Waals surface area contributed by atoms with Crippen molar-refractivity contribution in [3.8, 4) is 17.2 Å². The molecule has 33 heavy (non-hydrogen) atoms. The fraction of sp³-hybridized carbons (Fsp3) is 0.182. The number of benzene rings is 2. The van der Waals surface area contributed by atoms with E-state index in [1.54, 1.807) is 37.3 Å². The Morgan fingerprint density at radius 1 is 1.09 bits per heavy atom. The number of aryl methyl sites for hydroxylation is 1. The van der Waals surface area contributed by atoms with Gasteiger partial charge in [-0.25, -0.2) is 9.18 Å². The lowest BCUT2D eigenvalue weighted by molar-refractivity contribution is -0.116. The molecule has 2 heterocycles. The van der Waals surface area contributed by atoms with E-state index in [1.807, 2.05) is 0 Å². The Hall–Kier alpha value is -4.41. The molecule has 10 nitrogen and oxygen atoms in total. The molecule has 0 saturated heterocycles. The molecule has 0 fully saturated rings. The highest BCUT2D eigenvalue weighted by atomic mass is 19.1. The second-order valence-electron chi connectivity index (χ2n) is 6.99. The zero-order valence-electron chi connectivity index (χ0n) is 17.6. The molecule has 2 aromatic heterocycles. The molecule has 0 aliphatic carbocycles. The molecule has 0 unspecified atom stereocenters. The van der Waals surface area contributed by atoms with Gasteiger partial charge in [0.2, 0.25) is 17.6 Å². The third-order valence-electron chi connectivity index (χ3n) is 4.75. The SMILES string of the molecule is CCn1c(=O)c(-c2noc(CCC(=O)Nc3ccc(F)cc3)n2)nn(-c2ccccc2)c1=O. The quantitative estimate of drug-likeness (QED) is 0.457. The van der Waals surface area contributed by atoms with Crippen molar-refractivity contribution in [1.29, 1.82) is 0 Å². The Kier molecular flexibility index (Phi) is 6.20. The maximum Gasteiger partial charge on any atom is 0.352 e. The number of rotatable bonds is 7. The fourth-order valence-corrected chi connectivity index (χ4v) is 3.10. The van der Waals surface area contributed by atoms with Gasteiger partial charge in [0.1, 0.15) is 5.82 Å². The van der Waals surface area contributed by atoms with E-state index in [4.69, 9.17) is 4.52 Å². The molecule has 1 amide bonds. The van der Waals surface area contributed by atoms with Crippen molar-refractivity contribution in [1.82, 2.24) is 24.5 Å². The summed E-state index contributed by atoms with van der Waals surface area (Å²) in [7, 11) is 0. The Balaban J connectivity index is 1.55. The average molecular weight is 450 g/mol. The zero-order chi connectivity index (χ0) is 23.4. The van der Waals surface area contributed by atoms with Gasteiger partial charge >= 0.3 is 5.69 Å². The van der Waals surface area contributed by atoms with Crippen LogP contribution >= 0.6 is 0 Å². The molecule has 1 N–H and O–H groups in total. The molecule has 0 bridgehead atoms. The summed E-state index contributed by atoms with van der Waals surface area (Å²) >= 11 is 0. The number of halogens is 1. The molecule has 2 aromatic carbocycles. The summed E-state index contributed by atoms with van der Waals surface area (Å²) in [6, 6.07) is 14.0. The van der Waals surface area contributed by atoms with Gasteiger partial charge in [0.15, 0.2) is 5.69 Å². The van der Waals surface area contributed by atoms with E-state index in [2.05, 4.69) is 20.6 Å². The van der Waals surface area contributed by atoms with Gasteiger partial charge in [0, 0.05) is 25.1 Å². The van der Waals surface area contributed by atoms with Gasteiger partial charge in [-0.2, -0.15) is 14.8 Å². The predicted molar refractivity (Wildman–Crippen MR) is 116 cm³/mol. The second-order valence-corrected chi connectivity index (χ2v) is 6.99. The van der Waals surface area contributed by atoms with E-state index in [9.17, 15) is 18.8 Å². The maximum absolute atomic E-state index is 13.0. The molecule has 0 aliphatic heterocycles. The number of aromatic nitrogens is 5. The van der Waals surface area contributed by atoms with Crippen molar-refractivity contribution < 1.29 is 13.7 Å². The minimum Gasteiger partial charge on any atom is -0.339 e. The standard InChI is InChI=1S/C22H19FN6O4/c1-2-28-21(31)19(26-29(22(28)32)16-6-4-3-5-7-16)20-25-18(33-27-20)13-12-17(30)24-15-10-8-14(23)9-11-15/h3-11H,2,12-13H2,1H3,(H,24,30). The van der Waals surface area contributed by atoms with E-state index in [0.29, 0.717) is 11.4 Å². The van der Waals surface area contributed by atoms with E-state index in [1.165, 1.54) is 24.3 Å². The van der Waals surface area contributed by atoms with Gasteiger partial charge in [-0.1, -0.05) is 23.4 Å². The van der Waals surface area contributed by atoms with E-state index in [-0.39, 0.29) is 42.7 Å². The van der Waals surface area contributed by atoms with Crippen LogP contribution in [0.5, 0.6) is 0 Å². The van der Waals surface area contributed by atoms with E-state index in [0.717, 1.165) is 9.25 Å². The summed E-state index contributed by atoms with van der Waals surface area (Å²) in [5.41, 5.74) is -0.437. The van der Waals surface area contributed by atoms with Crippen LogP contribution in [0.1, 0.15) is 19.2 Å². The summed E-state index contributed by atoms with van der Waals surface area (Å²) in [5, 5.41) is 10.6. The van der Waals surface area contributed by atoms with Crippen LogP contribution in [0.15, 0.2) is 68.7 Å². The van der Waals surface area contributed by atoms with E-state index < -0.39 is 17.1 Å². The highest BCUT2D eigenvalue weighted by molar-refractivity contribution is 5.90. The van der Waals surface area contributed by atoms with Crippen LogP contribution in [0.25, 0.3) is 17.2 Å². The van der Waals surface area contributed by atoms with Crippen LogP contribution in [-0.2, 0) is 17.8 Å². The number of carbonyl (C=O) groups is 1. The van der Waals surface area contributed by atoms with Crippen molar-refractivity contribution in [3.63, 3.8) is 0 Å². The molecule has 4 aromatic rings. The Morgan fingerprint density at radius 3 is 2.52 bits per heavy atom. The molecule has 0 atom stereocenters. The van der Waals surface area contributed by atoms with Crippen LogP contribution in [0.4, 0.5) is 10.1 Å². The first kappa shape index (κ1) is 21.8. The summed E-state index contributed by atoms with van der Waals surface area (Å²) in [5.74, 6) is -0.687. The fourth-order valence-electron chi connectivity index (χ4n) is 3.10. The number of para-hydroxylation sites is 1. The summed E-state index contributed by atoms with van der Waals surface area (Å²) in [6.07, 6.45) is 0.134. The second kappa shape index (κ2) is 9.39. The largest absolute Gasteiger partial charge is 0.352 e. The van der Waals surface area contributed by atoms with Crippen molar-refractivity contribution in [2.75, 3.05) is 5.32 Å². The summed E-state index contributed by atoms with van der Waals surface area (Å²) in [4.78, 5) is 41.8. The van der Waals surface area contributed by atoms with Crippen LogP contribution < -0.4 is 16.6 Å². The first-order valence-corrected chi connectivity index (χ1v) is 10.1. The summed E-state index contributed by atoms with van der Waals surface area (Å²) < 4.78 is 20.3. The Labute approximate surface area is 186 Å². The average Bonchev–Trinajstić information content (AvgIpc) is 3.29. The lowest BCUT2D eigenvalue weighted by Crippen LogP contribution is -2.41. The van der Waals surface area contributed by atoms with Crippen molar-refractivity contribution >= 4 is 11.6 Å². The summed E-state index contributed by atoms with van der Waals surface area (Å²) in [6.45, 7) is 1.80. The van der Waals surface area contributed by atoms with Crippen LogP contribution in [-0.4, -0.2) is 30.4 Å². The van der Waals surface area contributed by atoms with Crippen LogP contribution in [0.2, 0.25) is 0 Å². The number of nitrogens with zero attached hydrogens (tertiary/aromatic N) is 5. The molecule has 11 heteroatoms. The highest BCUT2D eigenvalue weighted by Gasteiger charge is 2.20. The molecule has 0 aliphatic rings. The molecule has 0 spiro atoms. The van der Waals surface area contributed by atoms with Gasteiger partial charge < -0.3 is 9.84 Å². The maximum atomic E-state index is 13.0. The van der Waals surface area contributed by atoms with Crippen molar-refractivity contribution in [2.24, 2.45) is 0 Å². The zero-order valence-corrected chi connectivity index (χ0v) is 17.6. The number of hydrogen-bond acceptors (Lipinski definition) is 7. The number of amides is 1. The Morgan fingerprint density at radius 2 is 1.82 bits per heavy atom. The molecular formula is C22H19FN6O4. The number of nitrogens with one attached hydrogen (secondary N) is 1. The van der Waals surface area contributed by atoms with Crippen molar-refractivity contribution in [3.05, 3.63) is 87.1 Å². The minimum absolute atomic E-state index is 0.0230. The topological polar surface area (TPSA) is 125 Å². The molecule has 168 valence electrons. The first-order valence-electron chi connectivity index (χ1n) is 10.1. The monoisotopic (exact) mass is 450 g/mol. The molecular weight excluding hydrogens is 431 g/mol. The first-order chi connectivity index (χ1) is 16.0. The van der Waals surface area contributed by atoms with Crippen LogP contribution in [0, 0.1) is 5.82 Å². The lowest BCUT2D eigenvalue weighted by Gasteiger charge is -2.09. The normalized spacial score (nSPS) is 10.8. The van der Waals surface area contributed by atoms with Crippen LogP contribution in [0.3, 0.4) is 0 Å². The Bertz CT molecular complexity index is 1390. The van der Waals surface area contributed by atoms with Gasteiger partial charge in [0.25, 0.3) is 5.56 Å². The van der Waals surface area contributed by atoms with Crippen molar-refractivity contribution in [2.45, 2.75) is 26.3 Å². The molecule has 4 rings (SSSR count). The predicted octanol–water partition coefficient (Wildman–Crippen LogP) is 2.17. The smallest absolute Gasteiger partial charge is 0.339 e. The van der Waals surface area contributed by atoms with E-state index >= 15 is 0 Å². The lowest BCUT2D eigenvalue weighted by atomic mass is 10.2. The van der Waals surface area contributed by atoms with Gasteiger partial charge in [0.05, 0.1) is 5.69 Å². The number of anilines is 1. The third kappa shape index (κ3) is 4.76. The van der Waals surface area contributed by atoms with Gasteiger partial charge in [-0.15, -0.1) is 0 Å². The van der Waals surface area contributed by atoms with Gasteiger partial charge in [-0.05, 0) is 43.3 Å². The third-order valence-corrected chi connectivity index (χ3v) is 4.75. The minimum atomic E-state index is -0.643. The highest BCUT2D eigenvalue weighted by Crippen LogP contribution is 2.12. The number of hydrogen-bond donors (Lipinski definition) is 1. The molecule has 0 radical (unpaired) electrons. The number of carbonyl (C=O) groups excluding carboxylic acids is 1. The molecule has 0 saturated carbocycles.